The molecule has 0 bridgehead atoms. The minimum atomic E-state index is -4.51. The maximum Gasteiger partial charge on any atom is 0.451 e. The van der Waals surface area contributed by atoms with Crippen LogP contribution in [0.1, 0.15) is 104 Å². The van der Waals surface area contributed by atoms with E-state index < -0.39 is 12.0 Å². The highest BCUT2D eigenvalue weighted by Gasteiger charge is 2.56. The molecule has 0 spiro atoms. The Hall–Kier alpha value is -3.98. The molecule has 3 aliphatic carbocycles. The Morgan fingerprint density at radius 3 is 2.48 bits per heavy atom. The highest BCUT2D eigenvalue weighted by atomic mass is 19.4. The van der Waals surface area contributed by atoms with Crippen LogP contribution in [0.25, 0.3) is 0 Å². The van der Waals surface area contributed by atoms with Gasteiger partial charge in [-0.25, -0.2) is 9.97 Å². The Labute approximate surface area is 371 Å². The summed E-state index contributed by atoms with van der Waals surface area (Å²) in [6.45, 7) is 12.4. The molecule has 14 heteroatoms. The summed E-state index contributed by atoms with van der Waals surface area (Å²) >= 11 is 0. The molecule has 11 nitrogen and oxygen atoms in total. The first-order valence-electron chi connectivity index (χ1n) is 23.6. The van der Waals surface area contributed by atoms with Gasteiger partial charge in [0.2, 0.25) is 5.82 Å². The number of hydrogen-bond donors (Lipinski definition) is 4. The topological polar surface area (TPSA) is 126 Å². The standard InChI is InChI=1S/C39H56N4O3.C10H12F3N3O/c1-39-16-13-34-33-10-9-32(44)25-30(33)24-29(37(34)35(39)11-12-36(39)45)4-3-17-40-38(46)28-5-7-31(8-6-28)43-18-14-27(15-19-43)26-42-22-20-41(2)21-23-42;11-10(12,13)9-14-4-3-8(16-9)15-7-2-1-5-17-6-7/h5-10,25,27,29,34-37,44-45H,3-4,11-24,26H2,1-2H3,(H,40,46);3-4,7H,1-2,5-6H2,(H,14,15,16). The van der Waals surface area contributed by atoms with E-state index in [0.29, 0.717) is 49.2 Å². The van der Waals surface area contributed by atoms with Crippen molar-refractivity contribution in [1.82, 2.24) is 25.1 Å². The van der Waals surface area contributed by atoms with E-state index in [1.807, 2.05) is 24.3 Å². The number of aliphatic hydroxyl groups is 1. The lowest BCUT2D eigenvalue weighted by Crippen LogP contribution is -2.47. The van der Waals surface area contributed by atoms with Crippen LogP contribution >= 0.6 is 0 Å². The van der Waals surface area contributed by atoms with Crippen molar-refractivity contribution >= 4 is 17.4 Å². The van der Waals surface area contributed by atoms with Gasteiger partial charge >= 0.3 is 6.18 Å². The monoisotopic (exact) mass is 876 g/mol. The molecule has 63 heavy (non-hydrogen) atoms. The van der Waals surface area contributed by atoms with Gasteiger partial charge in [-0.3, -0.25) is 4.79 Å². The van der Waals surface area contributed by atoms with Crippen molar-refractivity contribution in [2.45, 2.75) is 102 Å². The SMILES string of the molecule is CN1CCN(CC2CCN(c3ccc(C(=O)NCCCC4Cc5cc(O)ccc5C5CCC6(C)C(O)CCC6C45)cc3)CC2)CC1.FC(F)(F)c1nccc(NC2CCCOC2)n1. The average molecular weight is 876 g/mol. The molecule has 5 fully saturated rings. The van der Waals surface area contributed by atoms with Crippen molar-refractivity contribution in [1.29, 1.82) is 0 Å². The number of fused-ring (bicyclic) bond motifs is 5. The fraction of sp³-hybridized carbons (Fsp3) is 0.653. The van der Waals surface area contributed by atoms with Crippen LogP contribution in [-0.4, -0.2) is 121 Å². The summed E-state index contributed by atoms with van der Waals surface area (Å²) in [6, 6.07) is 15.7. The summed E-state index contributed by atoms with van der Waals surface area (Å²) in [5.74, 6) is 2.34. The zero-order valence-corrected chi connectivity index (χ0v) is 37.2. The molecule has 7 unspecified atom stereocenters. The number of amides is 1. The van der Waals surface area contributed by atoms with Crippen LogP contribution in [0.15, 0.2) is 54.7 Å². The molecule has 4 heterocycles. The number of carbonyl (C=O) groups excluding carboxylic acids is 1. The van der Waals surface area contributed by atoms with Crippen LogP contribution in [0.5, 0.6) is 5.75 Å². The van der Waals surface area contributed by atoms with Crippen LogP contribution in [0.3, 0.4) is 0 Å². The molecular weight excluding hydrogens is 808 g/mol. The lowest BCUT2D eigenvalue weighted by Gasteiger charge is -2.53. The number of nitrogens with zero attached hydrogens (tertiary/aromatic N) is 5. The Balaban J connectivity index is 0.000000268. The number of benzene rings is 2. The molecule has 4 N–H and O–H groups in total. The van der Waals surface area contributed by atoms with Gasteiger partial charge in [0.25, 0.3) is 5.91 Å². The van der Waals surface area contributed by atoms with Gasteiger partial charge in [-0.1, -0.05) is 13.0 Å². The fourth-order valence-electron chi connectivity index (χ4n) is 11.9. The van der Waals surface area contributed by atoms with Gasteiger partial charge in [-0.15, -0.1) is 0 Å². The van der Waals surface area contributed by atoms with Gasteiger partial charge in [0.05, 0.1) is 18.8 Å². The van der Waals surface area contributed by atoms with Crippen LogP contribution in [-0.2, 0) is 17.3 Å². The number of anilines is 2. The third-order valence-electron chi connectivity index (χ3n) is 15.5. The zero-order chi connectivity index (χ0) is 44.1. The maximum atomic E-state index is 13.1. The molecule has 0 radical (unpaired) electrons. The number of ether oxygens (including phenoxy) is 1. The van der Waals surface area contributed by atoms with Crippen molar-refractivity contribution in [2.75, 3.05) is 82.8 Å². The van der Waals surface area contributed by atoms with E-state index in [4.69, 9.17) is 4.74 Å². The predicted molar refractivity (Wildman–Crippen MR) is 239 cm³/mol. The number of piperidine rings is 1. The normalized spacial score (nSPS) is 29.1. The number of aromatic hydroxyl groups is 1. The number of aromatic nitrogens is 2. The molecule has 1 aromatic heterocycles. The van der Waals surface area contributed by atoms with Crippen molar-refractivity contribution in [3.8, 4) is 5.75 Å². The Kier molecular flexibility index (Phi) is 14.5. The smallest absolute Gasteiger partial charge is 0.451 e. The van der Waals surface area contributed by atoms with Gasteiger partial charge in [0.1, 0.15) is 11.6 Å². The van der Waals surface area contributed by atoms with Crippen molar-refractivity contribution in [2.24, 2.45) is 29.1 Å². The van der Waals surface area contributed by atoms with Crippen LogP contribution in [0.2, 0.25) is 0 Å². The quantitative estimate of drug-likeness (QED) is 0.152. The highest BCUT2D eigenvalue weighted by molar-refractivity contribution is 5.94. The summed E-state index contributed by atoms with van der Waals surface area (Å²) in [7, 11) is 2.22. The number of rotatable bonds is 10. The summed E-state index contributed by atoms with van der Waals surface area (Å²) in [5.41, 5.74) is 4.71. The van der Waals surface area contributed by atoms with Crippen molar-refractivity contribution < 1.29 is 32.9 Å². The molecule has 2 aromatic carbocycles. The number of piperazine rings is 1. The third-order valence-corrected chi connectivity index (χ3v) is 15.5. The van der Waals surface area contributed by atoms with E-state index in [1.54, 1.807) is 0 Å². The Morgan fingerprint density at radius 2 is 1.75 bits per heavy atom. The number of halogens is 3. The summed E-state index contributed by atoms with van der Waals surface area (Å²) < 4.78 is 42.3. The number of phenols is 1. The van der Waals surface area contributed by atoms with Gasteiger partial charge in [-0.05, 0) is 166 Å². The zero-order valence-electron chi connectivity index (χ0n) is 37.2. The second-order valence-electron chi connectivity index (χ2n) is 19.6. The van der Waals surface area contributed by atoms with Crippen LogP contribution < -0.4 is 15.5 Å². The molecule has 7 atom stereocenters. The van der Waals surface area contributed by atoms with Crippen LogP contribution in [0.4, 0.5) is 24.7 Å². The van der Waals surface area contributed by atoms with E-state index in [-0.39, 0.29) is 29.3 Å². The van der Waals surface area contributed by atoms with Crippen molar-refractivity contribution in [3.05, 3.63) is 77.2 Å². The summed E-state index contributed by atoms with van der Waals surface area (Å²) in [6.07, 6.45) is 7.86. The first kappa shape index (κ1) is 45.6. The number of likely N-dealkylation sites (N-methyl/N-ethyl adjacent to an activating group) is 1. The molecule has 6 aliphatic rings. The number of phenolic OH excluding ortho intramolecular Hbond substituents is 1. The lowest BCUT2D eigenvalue weighted by molar-refractivity contribution is -0.144. The Morgan fingerprint density at radius 1 is 0.968 bits per heavy atom. The predicted octanol–water partition coefficient (Wildman–Crippen LogP) is 7.60. The minimum Gasteiger partial charge on any atom is -0.508 e. The molecule has 3 aliphatic heterocycles. The van der Waals surface area contributed by atoms with Gasteiger partial charge in [-0.2, -0.15) is 13.2 Å². The average Bonchev–Trinajstić information content (AvgIpc) is 3.59. The Bertz CT molecular complexity index is 1970. The van der Waals surface area contributed by atoms with E-state index >= 15 is 0 Å². The second kappa shape index (κ2) is 20.0. The van der Waals surface area contributed by atoms with E-state index in [9.17, 15) is 28.2 Å². The second-order valence-corrected chi connectivity index (χ2v) is 19.6. The van der Waals surface area contributed by atoms with Gasteiger partial charge in [0.15, 0.2) is 0 Å². The lowest BCUT2D eigenvalue weighted by atomic mass is 9.52. The minimum absolute atomic E-state index is 0.0124. The number of aliphatic hydroxyl groups excluding tert-OH is 1. The summed E-state index contributed by atoms with van der Waals surface area (Å²) in [4.78, 5) is 27.3. The van der Waals surface area contributed by atoms with E-state index in [1.165, 1.54) is 68.4 Å². The largest absolute Gasteiger partial charge is 0.508 e. The van der Waals surface area contributed by atoms with Gasteiger partial charge < -0.3 is 40.3 Å². The van der Waals surface area contributed by atoms with Gasteiger partial charge in [0, 0.05) is 76.4 Å². The molecule has 1 amide bonds. The number of carbonyl (C=O) groups is 1. The first-order valence-corrected chi connectivity index (χ1v) is 23.6. The molecule has 3 saturated heterocycles. The van der Waals surface area contributed by atoms with E-state index in [0.717, 1.165) is 88.6 Å². The molecule has 9 rings (SSSR count). The highest BCUT2D eigenvalue weighted by Crippen LogP contribution is 2.62. The summed E-state index contributed by atoms with van der Waals surface area (Å²) in [5, 5.41) is 27.3. The molecule has 3 aromatic rings. The first-order chi connectivity index (χ1) is 30.3. The fourth-order valence-corrected chi connectivity index (χ4v) is 11.9. The molecule has 344 valence electrons. The van der Waals surface area contributed by atoms with E-state index in [2.05, 4.69) is 67.5 Å². The van der Waals surface area contributed by atoms with Crippen molar-refractivity contribution in [3.63, 3.8) is 0 Å². The maximum absolute atomic E-state index is 13.1. The number of hydrogen-bond acceptors (Lipinski definition) is 10. The third kappa shape index (κ3) is 10.9. The molecular formula is C49H68F3N7O4. The van der Waals surface area contributed by atoms with Crippen LogP contribution in [0, 0.1) is 29.1 Å². The molecule has 2 saturated carbocycles. The number of alkyl halides is 3. The number of nitrogens with one attached hydrogen (secondary N) is 2.